The number of benzene rings is 1. The van der Waals surface area contributed by atoms with E-state index in [1.54, 1.807) is 0 Å². The van der Waals surface area contributed by atoms with Gasteiger partial charge < -0.3 is 11.1 Å². The number of thiocarbonyl (C=S) groups is 1. The largest absolute Gasteiger partial charge is 0.393 e. The number of nitrogens with one attached hydrogen (secondary N) is 1. The van der Waals surface area contributed by atoms with Crippen molar-refractivity contribution in [3.05, 3.63) is 34.4 Å². The van der Waals surface area contributed by atoms with E-state index in [2.05, 4.69) is 5.32 Å². The van der Waals surface area contributed by atoms with E-state index in [0.29, 0.717) is 28.6 Å². The molecule has 0 saturated carbocycles. The zero-order valence-electron chi connectivity index (χ0n) is 10.00. The SMILES string of the molecule is NC(=S)CCSCC(=O)Nc1ccc([N+](=O)[O-])cc1. The van der Waals surface area contributed by atoms with Gasteiger partial charge in [-0.2, -0.15) is 11.8 Å². The van der Waals surface area contributed by atoms with Crippen LogP contribution in [0.15, 0.2) is 24.3 Å². The summed E-state index contributed by atoms with van der Waals surface area (Å²) in [7, 11) is 0. The van der Waals surface area contributed by atoms with E-state index < -0.39 is 4.92 Å². The number of nitrogens with zero attached hydrogens (tertiary/aromatic N) is 1. The summed E-state index contributed by atoms with van der Waals surface area (Å²) in [6.45, 7) is 0. The van der Waals surface area contributed by atoms with Gasteiger partial charge in [-0.1, -0.05) is 12.2 Å². The van der Waals surface area contributed by atoms with E-state index in [1.165, 1.54) is 36.0 Å². The van der Waals surface area contributed by atoms with Gasteiger partial charge in [0, 0.05) is 30.0 Å². The lowest BCUT2D eigenvalue weighted by molar-refractivity contribution is -0.384. The first-order valence-electron chi connectivity index (χ1n) is 5.39. The molecule has 1 aromatic carbocycles. The highest BCUT2D eigenvalue weighted by Crippen LogP contribution is 2.15. The molecule has 1 aromatic rings. The third-order valence-corrected chi connectivity index (χ3v) is 3.25. The molecule has 0 aliphatic carbocycles. The normalized spacial score (nSPS) is 9.89. The Bertz CT molecular complexity index is 477. The number of carbonyl (C=O) groups is 1. The number of hydrogen-bond donors (Lipinski definition) is 2. The second-order valence-electron chi connectivity index (χ2n) is 3.62. The summed E-state index contributed by atoms with van der Waals surface area (Å²) in [4.78, 5) is 21.9. The number of nitrogens with two attached hydrogens (primary N) is 1. The molecule has 0 fully saturated rings. The molecule has 1 rings (SSSR count). The van der Waals surface area contributed by atoms with Gasteiger partial charge in [-0.15, -0.1) is 0 Å². The van der Waals surface area contributed by atoms with Gasteiger partial charge in [0.05, 0.1) is 15.7 Å². The lowest BCUT2D eigenvalue weighted by Crippen LogP contribution is -2.15. The highest BCUT2D eigenvalue weighted by Gasteiger charge is 2.06. The zero-order chi connectivity index (χ0) is 14.3. The predicted molar refractivity (Wildman–Crippen MR) is 80.5 cm³/mol. The maximum absolute atomic E-state index is 11.5. The predicted octanol–water partition coefficient (Wildman–Crippen LogP) is 1.94. The molecular formula is C11H13N3O3S2. The summed E-state index contributed by atoms with van der Waals surface area (Å²) in [5.41, 5.74) is 5.86. The number of nitro benzene ring substituents is 1. The number of non-ortho nitro benzene ring substituents is 1. The van der Waals surface area contributed by atoms with E-state index in [-0.39, 0.29) is 11.6 Å². The molecular weight excluding hydrogens is 286 g/mol. The smallest absolute Gasteiger partial charge is 0.269 e. The molecule has 0 atom stereocenters. The standard InChI is InChI=1S/C11H13N3O3S2/c12-10(18)5-6-19-7-11(15)13-8-1-3-9(4-2-8)14(16)17/h1-4H,5-7H2,(H2,12,18)(H,13,15). The zero-order valence-corrected chi connectivity index (χ0v) is 11.6. The molecule has 0 bridgehead atoms. The number of anilines is 1. The molecule has 0 aromatic heterocycles. The van der Waals surface area contributed by atoms with Crippen molar-refractivity contribution in [1.29, 1.82) is 0 Å². The molecule has 1 amide bonds. The van der Waals surface area contributed by atoms with Crippen LogP contribution >= 0.6 is 24.0 Å². The molecule has 0 heterocycles. The summed E-state index contributed by atoms with van der Waals surface area (Å²) in [5, 5.41) is 13.1. The summed E-state index contributed by atoms with van der Waals surface area (Å²) >= 11 is 6.15. The van der Waals surface area contributed by atoms with Gasteiger partial charge in [0.1, 0.15) is 0 Å². The van der Waals surface area contributed by atoms with E-state index in [1.807, 2.05) is 0 Å². The Morgan fingerprint density at radius 3 is 2.58 bits per heavy atom. The number of carbonyl (C=O) groups excluding carboxylic acids is 1. The number of thioether (sulfide) groups is 1. The molecule has 0 radical (unpaired) electrons. The Morgan fingerprint density at radius 1 is 1.42 bits per heavy atom. The Labute approximate surface area is 119 Å². The van der Waals surface area contributed by atoms with Crippen molar-refractivity contribution in [3.8, 4) is 0 Å². The molecule has 0 spiro atoms. The maximum Gasteiger partial charge on any atom is 0.269 e. The van der Waals surface area contributed by atoms with Crippen molar-refractivity contribution in [2.75, 3.05) is 16.8 Å². The molecule has 0 aliphatic heterocycles. The minimum absolute atomic E-state index is 0.0103. The van der Waals surface area contributed by atoms with Crippen LogP contribution in [0.1, 0.15) is 6.42 Å². The van der Waals surface area contributed by atoms with Crippen molar-refractivity contribution in [3.63, 3.8) is 0 Å². The second kappa shape index (κ2) is 7.70. The Balaban J connectivity index is 2.35. The van der Waals surface area contributed by atoms with Crippen LogP contribution in [0.5, 0.6) is 0 Å². The van der Waals surface area contributed by atoms with Gasteiger partial charge in [-0.05, 0) is 12.1 Å². The number of amides is 1. The fourth-order valence-electron chi connectivity index (χ4n) is 1.20. The van der Waals surface area contributed by atoms with Crippen molar-refractivity contribution in [2.24, 2.45) is 5.73 Å². The molecule has 0 saturated heterocycles. The van der Waals surface area contributed by atoms with E-state index >= 15 is 0 Å². The Morgan fingerprint density at radius 2 is 2.05 bits per heavy atom. The average Bonchev–Trinajstić information content (AvgIpc) is 2.35. The van der Waals surface area contributed by atoms with Gasteiger partial charge >= 0.3 is 0 Å². The molecule has 3 N–H and O–H groups in total. The Hall–Kier alpha value is -1.67. The molecule has 102 valence electrons. The van der Waals surface area contributed by atoms with Crippen LogP contribution in [-0.2, 0) is 4.79 Å². The highest BCUT2D eigenvalue weighted by atomic mass is 32.2. The minimum atomic E-state index is -0.489. The van der Waals surface area contributed by atoms with Crippen molar-refractivity contribution < 1.29 is 9.72 Å². The minimum Gasteiger partial charge on any atom is -0.393 e. The topological polar surface area (TPSA) is 98.3 Å². The van der Waals surface area contributed by atoms with Crippen LogP contribution in [0, 0.1) is 10.1 Å². The van der Waals surface area contributed by atoms with Crippen LogP contribution in [0.4, 0.5) is 11.4 Å². The third-order valence-electron chi connectivity index (χ3n) is 2.09. The van der Waals surface area contributed by atoms with E-state index in [9.17, 15) is 14.9 Å². The number of nitro groups is 1. The fraction of sp³-hybridized carbons (Fsp3) is 0.273. The Kier molecular flexibility index (Phi) is 6.23. The molecule has 6 nitrogen and oxygen atoms in total. The maximum atomic E-state index is 11.5. The van der Waals surface area contributed by atoms with Crippen LogP contribution < -0.4 is 11.1 Å². The van der Waals surface area contributed by atoms with Crippen LogP contribution in [0.2, 0.25) is 0 Å². The first kappa shape index (κ1) is 15.4. The van der Waals surface area contributed by atoms with Crippen LogP contribution in [0.25, 0.3) is 0 Å². The van der Waals surface area contributed by atoms with E-state index in [0.717, 1.165) is 0 Å². The molecule has 0 unspecified atom stereocenters. The number of hydrogen-bond acceptors (Lipinski definition) is 5. The lowest BCUT2D eigenvalue weighted by atomic mass is 10.3. The quantitative estimate of drug-likeness (QED) is 0.345. The summed E-state index contributed by atoms with van der Waals surface area (Å²) in [5.74, 6) is 0.824. The molecule has 8 heteroatoms. The van der Waals surface area contributed by atoms with Gasteiger partial charge in [0.15, 0.2) is 0 Å². The van der Waals surface area contributed by atoms with E-state index in [4.69, 9.17) is 18.0 Å². The van der Waals surface area contributed by atoms with Crippen LogP contribution in [0.3, 0.4) is 0 Å². The molecule has 19 heavy (non-hydrogen) atoms. The highest BCUT2D eigenvalue weighted by molar-refractivity contribution is 8.00. The van der Waals surface area contributed by atoms with Gasteiger partial charge in [0.2, 0.25) is 5.91 Å². The summed E-state index contributed by atoms with van der Waals surface area (Å²) < 4.78 is 0. The van der Waals surface area contributed by atoms with Gasteiger partial charge in [-0.3, -0.25) is 14.9 Å². The fourth-order valence-corrected chi connectivity index (χ4v) is 2.20. The first-order valence-corrected chi connectivity index (χ1v) is 6.95. The summed E-state index contributed by atoms with van der Waals surface area (Å²) in [6, 6.07) is 5.68. The first-order chi connectivity index (χ1) is 8.99. The van der Waals surface area contributed by atoms with Crippen LogP contribution in [-0.4, -0.2) is 27.3 Å². The second-order valence-corrected chi connectivity index (χ2v) is 5.25. The monoisotopic (exact) mass is 299 g/mol. The summed E-state index contributed by atoms with van der Waals surface area (Å²) in [6.07, 6.45) is 0.602. The molecule has 0 aliphatic rings. The van der Waals surface area contributed by atoms with Gasteiger partial charge in [0.25, 0.3) is 5.69 Å². The lowest BCUT2D eigenvalue weighted by Gasteiger charge is -2.04. The third kappa shape index (κ3) is 6.16. The number of rotatable bonds is 7. The van der Waals surface area contributed by atoms with Gasteiger partial charge in [-0.25, -0.2) is 0 Å². The van der Waals surface area contributed by atoms with Crippen molar-refractivity contribution in [1.82, 2.24) is 0 Å². The van der Waals surface area contributed by atoms with Crippen molar-refractivity contribution in [2.45, 2.75) is 6.42 Å². The van der Waals surface area contributed by atoms with Crippen molar-refractivity contribution >= 4 is 46.3 Å². The average molecular weight is 299 g/mol.